The second-order valence-electron chi connectivity index (χ2n) is 7.66. The molecule has 0 saturated carbocycles. The molecular weight excluding hydrogens is 320 g/mol. The highest BCUT2D eigenvalue weighted by atomic mass is 32.2. The predicted molar refractivity (Wildman–Crippen MR) is 86.4 cm³/mol. The molecule has 0 aromatic heterocycles. The molecule has 0 spiro atoms. The summed E-state index contributed by atoms with van der Waals surface area (Å²) in [6.45, 7) is 10.4. The van der Waals surface area contributed by atoms with E-state index < -0.39 is 29.4 Å². The van der Waals surface area contributed by atoms with Crippen LogP contribution in [-0.4, -0.2) is 62.8 Å². The zero-order chi connectivity index (χ0) is 17.6. The first-order chi connectivity index (χ1) is 10.4. The molecule has 2 aliphatic heterocycles. The molecule has 23 heavy (non-hydrogen) atoms. The Labute approximate surface area is 140 Å². The number of thioether (sulfide) groups is 1. The van der Waals surface area contributed by atoms with Crippen molar-refractivity contribution in [2.24, 2.45) is 0 Å². The second kappa shape index (κ2) is 5.89. The van der Waals surface area contributed by atoms with E-state index in [0.717, 1.165) is 9.80 Å². The number of rotatable bonds is 0. The quantitative estimate of drug-likeness (QED) is 0.629. The van der Waals surface area contributed by atoms with Gasteiger partial charge in [-0.15, -0.1) is 0 Å². The van der Waals surface area contributed by atoms with Crippen LogP contribution in [0.15, 0.2) is 0 Å². The number of carbonyl (C=O) groups excluding carboxylic acids is 3. The summed E-state index contributed by atoms with van der Waals surface area (Å²) in [5.41, 5.74) is -1.42. The number of hydrogen-bond donors (Lipinski definition) is 0. The minimum absolute atomic E-state index is 0.366. The van der Waals surface area contributed by atoms with Crippen LogP contribution in [0.1, 0.15) is 41.5 Å². The van der Waals surface area contributed by atoms with Gasteiger partial charge in [0.05, 0.1) is 12.1 Å². The molecule has 2 fully saturated rings. The van der Waals surface area contributed by atoms with Crippen LogP contribution in [-0.2, 0) is 9.47 Å². The highest BCUT2D eigenvalue weighted by Gasteiger charge is 2.55. The Balaban J connectivity index is 2.22. The SMILES string of the molecule is CC(C)(C)OC(=O)N1C(=O)N(C(=O)OC(C)(C)C)C2CSCC21. The fourth-order valence-electron chi connectivity index (χ4n) is 2.47. The van der Waals surface area contributed by atoms with Gasteiger partial charge >= 0.3 is 18.2 Å². The summed E-state index contributed by atoms with van der Waals surface area (Å²) < 4.78 is 10.6. The molecule has 2 atom stereocenters. The molecule has 0 bridgehead atoms. The van der Waals surface area contributed by atoms with Crippen LogP contribution in [0, 0.1) is 0 Å². The van der Waals surface area contributed by atoms with Gasteiger partial charge in [-0.3, -0.25) is 0 Å². The van der Waals surface area contributed by atoms with Crippen LogP contribution in [0.2, 0.25) is 0 Å². The number of hydrogen-bond acceptors (Lipinski definition) is 6. The minimum Gasteiger partial charge on any atom is -0.443 e. The van der Waals surface area contributed by atoms with Crippen LogP contribution >= 0.6 is 11.8 Å². The van der Waals surface area contributed by atoms with Gasteiger partial charge in [0.25, 0.3) is 0 Å². The van der Waals surface area contributed by atoms with Gasteiger partial charge in [-0.25, -0.2) is 24.2 Å². The molecule has 2 rings (SSSR count). The first-order valence-corrected chi connectivity index (χ1v) is 8.72. The maximum absolute atomic E-state index is 12.6. The maximum atomic E-state index is 12.6. The normalized spacial score (nSPS) is 24.7. The van der Waals surface area contributed by atoms with Crippen LogP contribution in [0.4, 0.5) is 14.4 Å². The fourth-order valence-corrected chi connectivity index (χ4v) is 3.84. The van der Waals surface area contributed by atoms with E-state index >= 15 is 0 Å². The molecule has 0 radical (unpaired) electrons. The lowest BCUT2D eigenvalue weighted by Crippen LogP contribution is -2.45. The van der Waals surface area contributed by atoms with E-state index in [9.17, 15) is 14.4 Å². The Morgan fingerprint density at radius 2 is 1.26 bits per heavy atom. The number of carbonyl (C=O) groups is 3. The Hall–Kier alpha value is -1.44. The molecule has 2 saturated heterocycles. The number of ether oxygens (including phenoxy) is 2. The first-order valence-electron chi connectivity index (χ1n) is 7.57. The smallest absolute Gasteiger partial charge is 0.418 e. The van der Waals surface area contributed by atoms with Crippen molar-refractivity contribution in [2.45, 2.75) is 64.8 Å². The Bertz CT molecular complexity index is 479. The number of urea groups is 1. The molecule has 2 aliphatic rings. The number of nitrogens with zero attached hydrogens (tertiary/aromatic N) is 2. The average molecular weight is 344 g/mol. The molecule has 2 heterocycles. The van der Waals surface area contributed by atoms with Gasteiger partial charge in [0, 0.05) is 11.5 Å². The van der Waals surface area contributed by atoms with Crippen LogP contribution in [0.25, 0.3) is 0 Å². The second-order valence-corrected chi connectivity index (χ2v) is 8.73. The van der Waals surface area contributed by atoms with Gasteiger partial charge in [0.1, 0.15) is 11.2 Å². The fraction of sp³-hybridized carbons (Fsp3) is 0.800. The molecule has 7 nitrogen and oxygen atoms in total. The van der Waals surface area contributed by atoms with E-state index in [1.807, 2.05) is 0 Å². The molecule has 4 amide bonds. The Morgan fingerprint density at radius 3 is 1.57 bits per heavy atom. The number of amides is 4. The predicted octanol–water partition coefficient (Wildman–Crippen LogP) is 3.08. The van der Waals surface area contributed by atoms with E-state index in [4.69, 9.17) is 9.47 Å². The van der Waals surface area contributed by atoms with Gasteiger partial charge in [-0.1, -0.05) is 0 Å². The number of fused-ring (bicyclic) bond motifs is 1. The third-order valence-corrected chi connectivity index (χ3v) is 4.43. The van der Waals surface area contributed by atoms with Crippen LogP contribution in [0.3, 0.4) is 0 Å². The largest absolute Gasteiger partial charge is 0.443 e. The summed E-state index contributed by atoms with van der Waals surface area (Å²) in [6, 6.07) is -1.39. The topological polar surface area (TPSA) is 76.2 Å². The lowest BCUT2D eigenvalue weighted by atomic mass is 10.1. The highest BCUT2D eigenvalue weighted by molar-refractivity contribution is 7.99. The summed E-state index contributed by atoms with van der Waals surface area (Å²) >= 11 is 1.60. The molecule has 2 unspecified atom stereocenters. The molecule has 130 valence electrons. The monoisotopic (exact) mass is 344 g/mol. The Kier molecular flexibility index (Phi) is 4.58. The molecule has 8 heteroatoms. The zero-order valence-electron chi connectivity index (χ0n) is 14.4. The van der Waals surface area contributed by atoms with Crippen molar-refractivity contribution in [1.29, 1.82) is 0 Å². The van der Waals surface area contributed by atoms with E-state index in [2.05, 4.69) is 0 Å². The van der Waals surface area contributed by atoms with Gasteiger partial charge in [0.2, 0.25) is 0 Å². The van der Waals surface area contributed by atoms with Gasteiger partial charge in [-0.05, 0) is 41.5 Å². The minimum atomic E-state index is -0.717. The van der Waals surface area contributed by atoms with E-state index in [-0.39, 0.29) is 12.1 Å². The van der Waals surface area contributed by atoms with Gasteiger partial charge < -0.3 is 9.47 Å². The average Bonchev–Trinajstić information content (AvgIpc) is 2.81. The van der Waals surface area contributed by atoms with Crippen molar-refractivity contribution in [2.75, 3.05) is 11.5 Å². The third kappa shape index (κ3) is 3.91. The van der Waals surface area contributed by atoms with Crippen molar-refractivity contribution in [3.05, 3.63) is 0 Å². The van der Waals surface area contributed by atoms with Gasteiger partial charge in [-0.2, -0.15) is 11.8 Å². The van der Waals surface area contributed by atoms with E-state index in [1.165, 1.54) is 0 Å². The summed E-state index contributed by atoms with van der Waals surface area (Å²) in [4.78, 5) is 39.4. The van der Waals surface area contributed by atoms with Crippen molar-refractivity contribution in [1.82, 2.24) is 9.80 Å². The first kappa shape index (κ1) is 17.9. The molecule has 0 aromatic carbocycles. The van der Waals surface area contributed by atoms with Crippen molar-refractivity contribution in [3.63, 3.8) is 0 Å². The van der Waals surface area contributed by atoms with Crippen LogP contribution < -0.4 is 0 Å². The Morgan fingerprint density at radius 1 is 0.913 bits per heavy atom. The molecular formula is C15H24N2O5S. The summed E-state index contributed by atoms with van der Waals surface area (Å²) in [7, 11) is 0. The lowest BCUT2D eigenvalue weighted by Gasteiger charge is -2.26. The lowest BCUT2D eigenvalue weighted by molar-refractivity contribution is 0.0289. The summed E-state index contributed by atoms with van der Waals surface area (Å²) in [6.07, 6.45) is -1.43. The van der Waals surface area contributed by atoms with Crippen molar-refractivity contribution < 1.29 is 23.9 Å². The van der Waals surface area contributed by atoms with Gasteiger partial charge in [0.15, 0.2) is 0 Å². The van der Waals surface area contributed by atoms with Crippen molar-refractivity contribution >= 4 is 30.0 Å². The summed E-state index contributed by atoms with van der Waals surface area (Å²) in [5, 5.41) is 0. The molecule has 0 aromatic rings. The van der Waals surface area contributed by atoms with E-state index in [0.29, 0.717) is 11.5 Å². The van der Waals surface area contributed by atoms with E-state index in [1.54, 1.807) is 53.3 Å². The maximum Gasteiger partial charge on any atom is 0.418 e. The highest BCUT2D eigenvalue weighted by Crippen LogP contribution is 2.35. The van der Waals surface area contributed by atoms with Crippen LogP contribution in [0.5, 0.6) is 0 Å². The third-order valence-electron chi connectivity index (χ3n) is 3.28. The standard InChI is InChI=1S/C15H24N2O5S/c1-14(2,3)21-12(19)16-9-7-23-8-10(9)17(11(16)18)13(20)22-15(4,5)6/h9-10H,7-8H2,1-6H3. The summed E-state index contributed by atoms with van der Waals surface area (Å²) in [5.74, 6) is 1.18. The van der Waals surface area contributed by atoms with Crippen molar-refractivity contribution in [3.8, 4) is 0 Å². The molecule has 0 aliphatic carbocycles. The zero-order valence-corrected chi connectivity index (χ0v) is 15.2. The number of imide groups is 2. The molecule has 0 N–H and O–H groups in total.